The Morgan fingerprint density at radius 1 is 1.12 bits per heavy atom. The van der Waals surface area contributed by atoms with E-state index in [1.807, 2.05) is 0 Å². The number of piperidine rings is 1. The molecule has 0 unspecified atom stereocenters. The molecule has 0 aliphatic carbocycles. The van der Waals surface area contributed by atoms with Gasteiger partial charge >= 0.3 is 0 Å². The van der Waals surface area contributed by atoms with Crippen LogP contribution in [-0.2, 0) is 6.54 Å². The average molecular weight is 232 g/mol. The molecule has 1 aromatic carbocycles. The first-order chi connectivity index (χ1) is 8.17. The third-order valence-electron chi connectivity index (χ3n) is 3.26. The third-order valence-corrected chi connectivity index (χ3v) is 3.26. The van der Waals surface area contributed by atoms with E-state index >= 15 is 0 Å². The van der Waals surface area contributed by atoms with Crippen molar-refractivity contribution in [1.29, 1.82) is 0 Å². The first-order valence-corrected chi connectivity index (χ1v) is 6.17. The van der Waals surface area contributed by atoms with Gasteiger partial charge in [0.2, 0.25) is 0 Å². The quantitative estimate of drug-likeness (QED) is 0.628. The van der Waals surface area contributed by atoms with Gasteiger partial charge in [0, 0.05) is 32.5 Å². The van der Waals surface area contributed by atoms with Crippen LogP contribution in [0.25, 0.3) is 0 Å². The van der Waals surface area contributed by atoms with Gasteiger partial charge in [0.15, 0.2) is 0 Å². The summed E-state index contributed by atoms with van der Waals surface area (Å²) in [7, 11) is 0. The highest BCUT2D eigenvalue weighted by molar-refractivity contribution is 5.84. The van der Waals surface area contributed by atoms with Gasteiger partial charge in [0.1, 0.15) is 0 Å². The molecule has 1 fully saturated rings. The third kappa shape index (κ3) is 3.30. The second-order valence-corrected chi connectivity index (χ2v) is 4.94. The molecule has 0 radical (unpaired) electrons. The van der Waals surface area contributed by atoms with Crippen molar-refractivity contribution < 1.29 is 5.21 Å². The standard InChI is InChI=1S/C14H20N2O/c1-11-7-12(2)9-13(8-11)10-16-5-3-14(15-17)4-6-16/h7-9,17H,3-6,10H2,1-2H3. The number of likely N-dealkylation sites (tertiary alicyclic amines) is 1. The molecule has 92 valence electrons. The van der Waals surface area contributed by atoms with Gasteiger partial charge in [-0.2, -0.15) is 0 Å². The fourth-order valence-electron chi connectivity index (χ4n) is 2.49. The molecule has 3 nitrogen and oxygen atoms in total. The van der Waals surface area contributed by atoms with Crippen molar-refractivity contribution in [2.75, 3.05) is 13.1 Å². The fourth-order valence-corrected chi connectivity index (χ4v) is 2.49. The van der Waals surface area contributed by atoms with E-state index in [-0.39, 0.29) is 0 Å². The molecule has 0 spiro atoms. The lowest BCUT2D eigenvalue weighted by molar-refractivity contribution is 0.256. The predicted molar refractivity (Wildman–Crippen MR) is 69.6 cm³/mol. The van der Waals surface area contributed by atoms with Gasteiger partial charge in [-0.15, -0.1) is 0 Å². The summed E-state index contributed by atoms with van der Waals surface area (Å²) >= 11 is 0. The predicted octanol–water partition coefficient (Wildman–Crippen LogP) is 2.73. The average Bonchev–Trinajstić information content (AvgIpc) is 2.28. The molecule has 1 aromatic rings. The molecule has 1 N–H and O–H groups in total. The number of aryl methyl sites for hydroxylation is 2. The van der Waals surface area contributed by atoms with Gasteiger partial charge in [-0.3, -0.25) is 4.90 Å². The molecule has 0 aromatic heterocycles. The summed E-state index contributed by atoms with van der Waals surface area (Å²) < 4.78 is 0. The molecule has 1 aliphatic rings. The summed E-state index contributed by atoms with van der Waals surface area (Å²) in [5.41, 5.74) is 4.97. The van der Waals surface area contributed by atoms with Crippen molar-refractivity contribution in [3.05, 3.63) is 34.9 Å². The van der Waals surface area contributed by atoms with E-state index in [0.717, 1.165) is 38.2 Å². The SMILES string of the molecule is Cc1cc(C)cc(CN2CCC(=NO)CC2)c1. The highest BCUT2D eigenvalue weighted by Gasteiger charge is 2.15. The number of benzene rings is 1. The largest absolute Gasteiger partial charge is 0.411 e. The number of oxime groups is 1. The van der Waals surface area contributed by atoms with Crippen LogP contribution >= 0.6 is 0 Å². The monoisotopic (exact) mass is 232 g/mol. The molecule has 0 atom stereocenters. The lowest BCUT2D eigenvalue weighted by atomic mass is 10.0. The van der Waals surface area contributed by atoms with Crippen LogP contribution in [-0.4, -0.2) is 28.9 Å². The van der Waals surface area contributed by atoms with Crippen LogP contribution < -0.4 is 0 Å². The summed E-state index contributed by atoms with van der Waals surface area (Å²) in [5, 5.41) is 12.0. The lowest BCUT2D eigenvalue weighted by Crippen LogP contribution is -2.33. The molecule has 1 saturated heterocycles. The minimum atomic E-state index is 0.890. The summed E-state index contributed by atoms with van der Waals surface area (Å²) in [6.07, 6.45) is 1.78. The molecule has 0 saturated carbocycles. The molecule has 1 heterocycles. The van der Waals surface area contributed by atoms with Gasteiger partial charge < -0.3 is 5.21 Å². The van der Waals surface area contributed by atoms with Crippen LogP contribution in [0.1, 0.15) is 29.5 Å². The van der Waals surface area contributed by atoms with E-state index in [1.54, 1.807) is 0 Å². The Bertz CT molecular complexity index is 396. The van der Waals surface area contributed by atoms with Crippen molar-refractivity contribution >= 4 is 5.71 Å². The zero-order chi connectivity index (χ0) is 12.3. The van der Waals surface area contributed by atoms with Crippen LogP contribution in [0.4, 0.5) is 0 Å². The van der Waals surface area contributed by atoms with Crippen LogP contribution in [0.15, 0.2) is 23.4 Å². The van der Waals surface area contributed by atoms with Crippen LogP contribution in [0.2, 0.25) is 0 Å². The van der Waals surface area contributed by atoms with E-state index < -0.39 is 0 Å². The first kappa shape index (κ1) is 12.1. The summed E-state index contributed by atoms with van der Waals surface area (Å²) in [6.45, 7) is 7.27. The summed E-state index contributed by atoms with van der Waals surface area (Å²) in [6, 6.07) is 6.71. The van der Waals surface area contributed by atoms with Crippen molar-refractivity contribution in [1.82, 2.24) is 4.90 Å². The van der Waals surface area contributed by atoms with Gasteiger partial charge in [0.05, 0.1) is 5.71 Å². The molecule has 17 heavy (non-hydrogen) atoms. The van der Waals surface area contributed by atoms with Crippen LogP contribution in [0.3, 0.4) is 0 Å². The maximum atomic E-state index is 8.71. The fraction of sp³-hybridized carbons (Fsp3) is 0.500. The van der Waals surface area contributed by atoms with Crippen LogP contribution in [0, 0.1) is 13.8 Å². The number of hydrogen-bond acceptors (Lipinski definition) is 3. The molecule has 3 heteroatoms. The topological polar surface area (TPSA) is 35.8 Å². The van der Waals surface area contributed by atoms with E-state index in [0.29, 0.717) is 0 Å². The molecular formula is C14H20N2O. The Morgan fingerprint density at radius 3 is 2.24 bits per heavy atom. The summed E-state index contributed by atoms with van der Waals surface area (Å²) in [4.78, 5) is 2.42. The minimum Gasteiger partial charge on any atom is -0.411 e. The van der Waals surface area contributed by atoms with Crippen molar-refractivity contribution in [3.8, 4) is 0 Å². The van der Waals surface area contributed by atoms with Crippen LogP contribution in [0.5, 0.6) is 0 Å². The minimum absolute atomic E-state index is 0.890. The maximum Gasteiger partial charge on any atom is 0.0596 e. The van der Waals surface area contributed by atoms with Crippen molar-refractivity contribution in [3.63, 3.8) is 0 Å². The van der Waals surface area contributed by atoms with E-state index in [4.69, 9.17) is 5.21 Å². The Kier molecular flexibility index (Phi) is 3.79. The molecular weight excluding hydrogens is 212 g/mol. The smallest absolute Gasteiger partial charge is 0.0596 e. The molecule has 0 bridgehead atoms. The summed E-state index contributed by atoms with van der Waals surface area (Å²) in [5.74, 6) is 0. The normalized spacial score (nSPS) is 17.2. The van der Waals surface area contributed by atoms with Gasteiger partial charge in [-0.25, -0.2) is 0 Å². The molecule has 2 rings (SSSR count). The number of nitrogens with zero attached hydrogens (tertiary/aromatic N) is 2. The van der Waals surface area contributed by atoms with E-state index in [9.17, 15) is 0 Å². The van der Waals surface area contributed by atoms with E-state index in [1.165, 1.54) is 16.7 Å². The van der Waals surface area contributed by atoms with Crippen molar-refractivity contribution in [2.24, 2.45) is 5.16 Å². The number of rotatable bonds is 2. The second-order valence-electron chi connectivity index (χ2n) is 4.94. The lowest BCUT2D eigenvalue weighted by Gasteiger charge is -2.27. The first-order valence-electron chi connectivity index (χ1n) is 6.17. The Morgan fingerprint density at radius 2 is 1.71 bits per heavy atom. The van der Waals surface area contributed by atoms with Gasteiger partial charge in [-0.1, -0.05) is 34.5 Å². The van der Waals surface area contributed by atoms with E-state index in [2.05, 4.69) is 42.1 Å². The van der Waals surface area contributed by atoms with Gasteiger partial charge in [0.25, 0.3) is 0 Å². The molecule has 1 aliphatic heterocycles. The Hall–Kier alpha value is -1.35. The van der Waals surface area contributed by atoms with Gasteiger partial charge in [-0.05, 0) is 19.4 Å². The Balaban J connectivity index is 1.97. The zero-order valence-corrected chi connectivity index (χ0v) is 10.6. The maximum absolute atomic E-state index is 8.71. The second kappa shape index (κ2) is 5.32. The highest BCUT2D eigenvalue weighted by Crippen LogP contribution is 2.14. The zero-order valence-electron chi connectivity index (χ0n) is 10.6. The highest BCUT2D eigenvalue weighted by atomic mass is 16.4. The molecule has 0 amide bonds. The van der Waals surface area contributed by atoms with Crippen molar-refractivity contribution in [2.45, 2.75) is 33.2 Å². The Labute approximate surface area is 103 Å². The number of hydrogen-bond donors (Lipinski definition) is 1.